The van der Waals surface area contributed by atoms with E-state index in [1.807, 2.05) is 0 Å². The summed E-state index contributed by atoms with van der Waals surface area (Å²) in [6.07, 6.45) is 2.39. The van der Waals surface area contributed by atoms with E-state index in [9.17, 15) is 0 Å². The molecule has 0 aromatic carbocycles. The predicted molar refractivity (Wildman–Crippen MR) is 64.3 cm³/mol. The Morgan fingerprint density at radius 2 is 2.00 bits per heavy atom. The molecule has 4 nitrogen and oxygen atoms in total. The summed E-state index contributed by atoms with van der Waals surface area (Å²) in [5.41, 5.74) is 0. The van der Waals surface area contributed by atoms with Gasteiger partial charge < -0.3 is 19.5 Å². The lowest BCUT2D eigenvalue weighted by atomic mass is 10.1. The smallest absolute Gasteiger partial charge is 0.334 e. The molecule has 0 amide bonds. The van der Waals surface area contributed by atoms with Gasteiger partial charge in [-0.3, -0.25) is 0 Å². The Bertz CT molecular complexity index is 171. The van der Waals surface area contributed by atoms with Crippen molar-refractivity contribution < 1.29 is 8.85 Å². The zero-order valence-corrected chi connectivity index (χ0v) is 11.1. The second-order valence-electron chi connectivity index (χ2n) is 4.29. The van der Waals surface area contributed by atoms with Gasteiger partial charge in [-0.2, -0.15) is 0 Å². The topological polar surface area (TPSA) is 42.5 Å². The van der Waals surface area contributed by atoms with Crippen LogP contribution in [0.15, 0.2) is 0 Å². The van der Waals surface area contributed by atoms with Crippen LogP contribution in [-0.2, 0) is 8.85 Å². The summed E-state index contributed by atoms with van der Waals surface area (Å²) in [6, 6.07) is 1.71. The van der Waals surface area contributed by atoms with Gasteiger partial charge in [-0.15, -0.1) is 0 Å². The first-order valence-corrected chi connectivity index (χ1v) is 8.27. The maximum atomic E-state index is 5.46. The maximum Gasteiger partial charge on any atom is 0.334 e. The van der Waals surface area contributed by atoms with Crippen LogP contribution in [0.25, 0.3) is 0 Å². The molecule has 1 aliphatic heterocycles. The highest BCUT2D eigenvalue weighted by atomic mass is 28.4. The predicted octanol–water partition coefficient (Wildman–Crippen LogP) is 0.693. The van der Waals surface area contributed by atoms with Crippen molar-refractivity contribution in [3.63, 3.8) is 0 Å². The van der Waals surface area contributed by atoms with Crippen molar-refractivity contribution in [2.24, 2.45) is 0 Å². The van der Waals surface area contributed by atoms with Gasteiger partial charge in [0.2, 0.25) is 0 Å². The van der Waals surface area contributed by atoms with Gasteiger partial charge in [-0.1, -0.05) is 0 Å². The molecule has 0 radical (unpaired) electrons. The van der Waals surface area contributed by atoms with E-state index in [1.165, 1.54) is 12.8 Å². The summed E-state index contributed by atoms with van der Waals surface area (Å²) < 4.78 is 10.9. The molecule has 1 fully saturated rings. The first-order valence-electron chi connectivity index (χ1n) is 5.74. The van der Waals surface area contributed by atoms with Crippen molar-refractivity contribution >= 4 is 8.56 Å². The van der Waals surface area contributed by atoms with E-state index < -0.39 is 8.56 Å². The molecule has 2 N–H and O–H groups in total. The van der Waals surface area contributed by atoms with Crippen LogP contribution in [0, 0.1) is 0 Å². The van der Waals surface area contributed by atoms with E-state index in [0.717, 1.165) is 25.7 Å². The summed E-state index contributed by atoms with van der Waals surface area (Å²) in [5, 5.41) is 6.91. The van der Waals surface area contributed by atoms with Crippen molar-refractivity contribution in [1.29, 1.82) is 0 Å². The minimum Gasteiger partial charge on any atom is -0.398 e. The third-order valence-corrected chi connectivity index (χ3v) is 6.16. The molecular formula is C10H24N2O2Si. The molecule has 5 heteroatoms. The van der Waals surface area contributed by atoms with E-state index in [-0.39, 0.29) is 0 Å². The van der Waals surface area contributed by atoms with Gasteiger partial charge >= 0.3 is 8.56 Å². The summed E-state index contributed by atoms with van der Waals surface area (Å²) in [5.74, 6) is 0. The molecule has 1 unspecified atom stereocenters. The van der Waals surface area contributed by atoms with Gasteiger partial charge in [0.1, 0.15) is 0 Å². The molecule has 0 bridgehead atoms. The molecule has 90 valence electrons. The lowest BCUT2D eigenvalue weighted by molar-refractivity contribution is 0.247. The minimum absolute atomic E-state index is 0.630. The molecule has 1 saturated heterocycles. The minimum atomic E-state index is -1.83. The summed E-state index contributed by atoms with van der Waals surface area (Å²) in [7, 11) is 1.69. The second kappa shape index (κ2) is 6.60. The van der Waals surface area contributed by atoms with Gasteiger partial charge in [0, 0.05) is 39.9 Å². The van der Waals surface area contributed by atoms with E-state index >= 15 is 0 Å². The normalized spacial score (nSPS) is 23.0. The first kappa shape index (κ1) is 13.1. The molecule has 1 atom stereocenters. The Morgan fingerprint density at radius 1 is 1.27 bits per heavy atom. The molecule has 1 heterocycles. The van der Waals surface area contributed by atoms with Crippen LogP contribution in [0.3, 0.4) is 0 Å². The Kier molecular flexibility index (Phi) is 5.77. The monoisotopic (exact) mass is 232 g/mol. The second-order valence-corrected chi connectivity index (χ2v) is 7.87. The molecule has 15 heavy (non-hydrogen) atoms. The number of hydrogen-bond donors (Lipinski definition) is 2. The van der Waals surface area contributed by atoms with Crippen LogP contribution in [-0.4, -0.2) is 48.5 Å². The fraction of sp³-hybridized carbons (Fsp3) is 1.00. The van der Waals surface area contributed by atoms with Gasteiger partial charge in [-0.25, -0.2) is 0 Å². The fourth-order valence-corrected chi connectivity index (χ4v) is 3.30. The molecule has 0 spiro atoms. The van der Waals surface area contributed by atoms with Crippen LogP contribution >= 0.6 is 0 Å². The largest absolute Gasteiger partial charge is 0.398 e. The maximum absolute atomic E-state index is 5.46. The number of hydrogen-bond acceptors (Lipinski definition) is 4. The quantitative estimate of drug-likeness (QED) is 0.661. The number of piperazine rings is 1. The van der Waals surface area contributed by atoms with Crippen LogP contribution in [0.2, 0.25) is 12.6 Å². The highest BCUT2D eigenvalue weighted by molar-refractivity contribution is 6.65. The van der Waals surface area contributed by atoms with Gasteiger partial charge in [0.05, 0.1) is 0 Å². The zero-order valence-electron chi connectivity index (χ0n) is 10.1. The molecule has 1 rings (SSSR count). The summed E-state index contributed by atoms with van der Waals surface area (Å²) >= 11 is 0. The van der Waals surface area contributed by atoms with E-state index in [1.54, 1.807) is 14.2 Å². The average molecular weight is 232 g/mol. The molecular weight excluding hydrogens is 208 g/mol. The first-order chi connectivity index (χ1) is 7.20. The van der Waals surface area contributed by atoms with Crippen LogP contribution in [0.1, 0.15) is 12.8 Å². The Hall–Kier alpha value is 0.0569. The SMILES string of the molecule is CO[Si](C)(CCCC1CNCCN1)OC. The third kappa shape index (κ3) is 4.61. The molecule has 0 aromatic rings. The van der Waals surface area contributed by atoms with Crippen LogP contribution in [0.5, 0.6) is 0 Å². The van der Waals surface area contributed by atoms with E-state index in [2.05, 4.69) is 17.2 Å². The van der Waals surface area contributed by atoms with Crippen LogP contribution in [0.4, 0.5) is 0 Å². The van der Waals surface area contributed by atoms with E-state index in [4.69, 9.17) is 8.85 Å². The third-order valence-electron chi connectivity index (χ3n) is 3.17. The summed E-state index contributed by atoms with van der Waals surface area (Å²) in [6.45, 7) is 5.41. The van der Waals surface area contributed by atoms with Crippen molar-refractivity contribution in [3.05, 3.63) is 0 Å². The van der Waals surface area contributed by atoms with Gasteiger partial charge in [0.15, 0.2) is 0 Å². The van der Waals surface area contributed by atoms with Gasteiger partial charge in [-0.05, 0) is 25.4 Å². The Morgan fingerprint density at radius 3 is 2.53 bits per heavy atom. The number of nitrogens with one attached hydrogen (secondary N) is 2. The highest BCUT2D eigenvalue weighted by Crippen LogP contribution is 2.16. The molecule has 1 aliphatic rings. The standard InChI is InChI=1S/C10H24N2O2Si/c1-13-15(3,14-2)8-4-5-10-9-11-6-7-12-10/h10-12H,4-9H2,1-3H3. The zero-order chi connectivity index (χ0) is 11.1. The average Bonchev–Trinajstić information content (AvgIpc) is 2.30. The van der Waals surface area contributed by atoms with Crippen molar-refractivity contribution in [3.8, 4) is 0 Å². The van der Waals surface area contributed by atoms with Crippen molar-refractivity contribution in [2.45, 2.75) is 31.5 Å². The lowest BCUT2D eigenvalue weighted by Crippen LogP contribution is -2.48. The highest BCUT2D eigenvalue weighted by Gasteiger charge is 2.28. The molecule has 0 aliphatic carbocycles. The Labute approximate surface area is 94.0 Å². The Balaban J connectivity index is 2.14. The molecule has 0 saturated carbocycles. The fourth-order valence-electron chi connectivity index (χ4n) is 1.87. The van der Waals surface area contributed by atoms with Crippen molar-refractivity contribution in [2.75, 3.05) is 33.9 Å². The summed E-state index contributed by atoms with van der Waals surface area (Å²) in [4.78, 5) is 0. The van der Waals surface area contributed by atoms with Crippen molar-refractivity contribution in [1.82, 2.24) is 10.6 Å². The number of rotatable bonds is 6. The van der Waals surface area contributed by atoms with Crippen LogP contribution < -0.4 is 10.6 Å². The van der Waals surface area contributed by atoms with E-state index in [0.29, 0.717) is 6.04 Å². The van der Waals surface area contributed by atoms with Gasteiger partial charge in [0.25, 0.3) is 0 Å². The lowest BCUT2D eigenvalue weighted by Gasteiger charge is -2.26. The molecule has 0 aromatic heterocycles.